The maximum absolute atomic E-state index is 4.92. The van der Waals surface area contributed by atoms with E-state index in [0.717, 1.165) is 18.9 Å². The predicted octanol–water partition coefficient (Wildman–Crippen LogP) is 3.64. The van der Waals surface area contributed by atoms with Crippen molar-refractivity contribution >= 4 is 11.3 Å². The van der Waals surface area contributed by atoms with Crippen molar-refractivity contribution in [3.8, 4) is 0 Å². The van der Waals surface area contributed by atoms with E-state index >= 15 is 0 Å². The van der Waals surface area contributed by atoms with Crippen LogP contribution < -0.4 is 5.32 Å². The van der Waals surface area contributed by atoms with Gasteiger partial charge in [-0.2, -0.15) is 0 Å². The molecule has 3 rings (SSSR count). The molecule has 0 saturated heterocycles. The van der Waals surface area contributed by atoms with Crippen LogP contribution in [0, 0.1) is 5.41 Å². The average molecular weight is 250 g/mol. The fraction of sp³-hybridized carbons (Fsp3) is 0.786. The molecule has 1 atom stereocenters. The third kappa shape index (κ3) is 2.27. The Kier molecular flexibility index (Phi) is 2.79. The van der Waals surface area contributed by atoms with Gasteiger partial charge in [-0.3, -0.25) is 0 Å². The van der Waals surface area contributed by atoms with Crippen LogP contribution in [-0.4, -0.2) is 11.5 Å². The Balaban J connectivity index is 1.93. The molecule has 0 spiro atoms. The smallest absolute Gasteiger partial charge is 0.0962 e. The van der Waals surface area contributed by atoms with Crippen LogP contribution in [0.4, 0.5) is 0 Å². The SMILES string of the molecule is CCNC1CC(C)(C)Cc2nc(C3CC3)sc21. The molecule has 0 amide bonds. The van der Waals surface area contributed by atoms with Crippen molar-refractivity contribution in [2.24, 2.45) is 5.41 Å². The van der Waals surface area contributed by atoms with Gasteiger partial charge in [0.15, 0.2) is 0 Å². The number of hydrogen-bond donors (Lipinski definition) is 1. The number of nitrogens with zero attached hydrogens (tertiary/aromatic N) is 1. The minimum Gasteiger partial charge on any atom is -0.309 e. The third-order valence-corrected chi connectivity index (χ3v) is 5.21. The van der Waals surface area contributed by atoms with Gasteiger partial charge in [-0.25, -0.2) is 4.98 Å². The molecule has 2 aliphatic carbocycles. The van der Waals surface area contributed by atoms with Crippen molar-refractivity contribution in [2.75, 3.05) is 6.54 Å². The summed E-state index contributed by atoms with van der Waals surface area (Å²) in [5.74, 6) is 0.802. The van der Waals surface area contributed by atoms with Gasteiger partial charge in [-0.15, -0.1) is 11.3 Å². The van der Waals surface area contributed by atoms with E-state index in [9.17, 15) is 0 Å². The summed E-state index contributed by atoms with van der Waals surface area (Å²) >= 11 is 1.98. The van der Waals surface area contributed by atoms with E-state index in [1.54, 1.807) is 0 Å². The lowest BCUT2D eigenvalue weighted by molar-refractivity contribution is 0.260. The molecule has 1 N–H and O–H groups in total. The number of nitrogens with one attached hydrogen (secondary N) is 1. The zero-order valence-corrected chi connectivity index (χ0v) is 11.9. The molecule has 0 aliphatic heterocycles. The van der Waals surface area contributed by atoms with E-state index in [4.69, 9.17) is 4.98 Å². The van der Waals surface area contributed by atoms with E-state index in [1.165, 1.54) is 34.8 Å². The molecule has 0 bridgehead atoms. The molecule has 1 heterocycles. The maximum Gasteiger partial charge on any atom is 0.0962 e. The Morgan fingerprint density at radius 3 is 2.82 bits per heavy atom. The lowest BCUT2D eigenvalue weighted by Crippen LogP contribution is -2.32. The maximum atomic E-state index is 4.92. The zero-order chi connectivity index (χ0) is 12.0. The van der Waals surface area contributed by atoms with Gasteiger partial charge >= 0.3 is 0 Å². The summed E-state index contributed by atoms with van der Waals surface area (Å²) < 4.78 is 0. The summed E-state index contributed by atoms with van der Waals surface area (Å²) in [7, 11) is 0. The van der Waals surface area contributed by atoms with Gasteiger partial charge in [0, 0.05) is 16.8 Å². The topological polar surface area (TPSA) is 24.9 Å². The van der Waals surface area contributed by atoms with Crippen LogP contribution in [0.3, 0.4) is 0 Å². The molecule has 0 aromatic carbocycles. The van der Waals surface area contributed by atoms with Crippen LogP contribution in [-0.2, 0) is 6.42 Å². The van der Waals surface area contributed by atoms with Crippen molar-refractivity contribution in [1.29, 1.82) is 0 Å². The number of rotatable bonds is 3. The highest BCUT2D eigenvalue weighted by Gasteiger charge is 2.37. The summed E-state index contributed by atoms with van der Waals surface area (Å²) in [5, 5.41) is 5.05. The second-order valence-electron chi connectivity index (χ2n) is 6.29. The normalized spacial score (nSPS) is 26.9. The van der Waals surface area contributed by atoms with E-state index in [0.29, 0.717) is 11.5 Å². The molecule has 2 nitrogen and oxygen atoms in total. The Hall–Kier alpha value is -0.410. The predicted molar refractivity (Wildman–Crippen MR) is 72.6 cm³/mol. The number of fused-ring (bicyclic) bond motifs is 1. The summed E-state index contributed by atoms with van der Waals surface area (Å²) in [6, 6.07) is 0.545. The first-order valence-electron chi connectivity index (χ1n) is 6.82. The molecule has 1 saturated carbocycles. The Morgan fingerprint density at radius 1 is 1.41 bits per heavy atom. The molecule has 0 radical (unpaired) electrons. The fourth-order valence-corrected chi connectivity index (χ4v) is 4.20. The van der Waals surface area contributed by atoms with Gasteiger partial charge in [-0.05, 0) is 37.6 Å². The Bertz CT molecular complexity index is 418. The number of hydrogen-bond acceptors (Lipinski definition) is 3. The molecular formula is C14H22N2S. The van der Waals surface area contributed by atoms with Crippen molar-refractivity contribution in [2.45, 2.75) is 58.4 Å². The van der Waals surface area contributed by atoms with E-state index in [2.05, 4.69) is 26.1 Å². The first-order valence-corrected chi connectivity index (χ1v) is 7.63. The quantitative estimate of drug-likeness (QED) is 0.886. The molecule has 17 heavy (non-hydrogen) atoms. The van der Waals surface area contributed by atoms with Crippen LogP contribution in [0.25, 0.3) is 0 Å². The minimum atomic E-state index is 0.398. The van der Waals surface area contributed by atoms with Gasteiger partial charge < -0.3 is 5.32 Å². The highest BCUT2D eigenvalue weighted by atomic mass is 32.1. The summed E-state index contributed by atoms with van der Waals surface area (Å²) in [5.41, 5.74) is 1.79. The highest BCUT2D eigenvalue weighted by molar-refractivity contribution is 7.12. The van der Waals surface area contributed by atoms with Gasteiger partial charge in [0.2, 0.25) is 0 Å². The molecule has 1 unspecified atom stereocenters. The number of aromatic nitrogens is 1. The van der Waals surface area contributed by atoms with Crippen molar-refractivity contribution < 1.29 is 0 Å². The van der Waals surface area contributed by atoms with Gasteiger partial charge in [0.05, 0.1) is 10.7 Å². The standard InChI is InChI=1S/C14H22N2S/c1-4-15-10-7-14(2,3)8-11-12(10)17-13(16-11)9-5-6-9/h9-10,15H,4-8H2,1-3H3. The molecule has 94 valence electrons. The fourth-order valence-electron chi connectivity index (χ4n) is 2.87. The summed E-state index contributed by atoms with van der Waals surface area (Å²) in [6.45, 7) is 7.99. The molecule has 1 aromatic rings. The zero-order valence-electron chi connectivity index (χ0n) is 11.0. The van der Waals surface area contributed by atoms with Crippen molar-refractivity contribution in [1.82, 2.24) is 10.3 Å². The molecule has 1 fully saturated rings. The van der Waals surface area contributed by atoms with Crippen molar-refractivity contribution in [3.63, 3.8) is 0 Å². The van der Waals surface area contributed by atoms with Crippen LogP contribution >= 0.6 is 11.3 Å². The van der Waals surface area contributed by atoms with Gasteiger partial charge in [0.25, 0.3) is 0 Å². The van der Waals surface area contributed by atoms with E-state index in [-0.39, 0.29) is 0 Å². The lowest BCUT2D eigenvalue weighted by Gasteiger charge is -2.34. The summed E-state index contributed by atoms with van der Waals surface area (Å²) in [4.78, 5) is 6.45. The minimum absolute atomic E-state index is 0.398. The largest absolute Gasteiger partial charge is 0.309 e. The second-order valence-corrected chi connectivity index (χ2v) is 7.35. The van der Waals surface area contributed by atoms with Crippen LogP contribution in [0.2, 0.25) is 0 Å². The van der Waals surface area contributed by atoms with Crippen LogP contribution in [0.5, 0.6) is 0 Å². The average Bonchev–Trinajstić information content (AvgIpc) is 2.99. The Morgan fingerprint density at radius 2 is 2.18 bits per heavy atom. The first-order chi connectivity index (χ1) is 8.09. The molecule has 1 aromatic heterocycles. The monoisotopic (exact) mass is 250 g/mol. The number of thiazole rings is 1. The molecular weight excluding hydrogens is 228 g/mol. The van der Waals surface area contributed by atoms with E-state index in [1.807, 2.05) is 11.3 Å². The highest BCUT2D eigenvalue weighted by Crippen LogP contribution is 2.48. The van der Waals surface area contributed by atoms with E-state index < -0.39 is 0 Å². The molecule has 2 aliphatic rings. The van der Waals surface area contributed by atoms with Crippen LogP contribution in [0.1, 0.15) is 67.6 Å². The second kappa shape index (κ2) is 4.06. The lowest BCUT2D eigenvalue weighted by atomic mass is 9.76. The first kappa shape index (κ1) is 11.7. The summed E-state index contributed by atoms with van der Waals surface area (Å²) in [6.07, 6.45) is 5.14. The molecule has 3 heteroatoms. The van der Waals surface area contributed by atoms with Gasteiger partial charge in [-0.1, -0.05) is 20.8 Å². The third-order valence-electron chi connectivity index (χ3n) is 3.84. The van der Waals surface area contributed by atoms with Gasteiger partial charge in [0.1, 0.15) is 0 Å². The Labute approximate surface area is 108 Å². The van der Waals surface area contributed by atoms with Crippen molar-refractivity contribution in [3.05, 3.63) is 15.6 Å². The van der Waals surface area contributed by atoms with Crippen LogP contribution in [0.15, 0.2) is 0 Å².